The number of nitrogens with two attached hydrogens (primary N) is 1. The van der Waals surface area contributed by atoms with Crippen LogP contribution in [0.25, 0.3) is 11.1 Å². The number of aromatic nitrogens is 1. The molecule has 1 aromatic carbocycles. The molecule has 0 saturated carbocycles. The first kappa shape index (κ1) is 8.69. The maximum Gasteiger partial charge on any atom is 0.115 e. The Hall–Kier alpha value is -1.90. The third-order valence-corrected chi connectivity index (χ3v) is 2.16. The summed E-state index contributed by atoms with van der Waals surface area (Å²) in [5.41, 5.74) is 8.58. The second-order valence-electron chi connectivity index (χ2n) is 3.34. The Balaban J connectivity index is 2.49. The Morgan fingerprint density at radius 2 is 1.79 bits per heavy atom. The molecule has 0 amide bonds. The van der Waals surface area contributed by atoms with Crippen molar-refractivity contribution in [2.45, 2.75) is 0 Å². The van der Waals surface area contributed by atoms with E-state index in [1.54, 1.807) is 12.1 Å². The number of phenols is 1. The number of nitrogen functional groups attached to an aromatic ring is 1. The van der Waals surface area contributed by atoms with E-state index in [0.717, 1.165) is 16.8 Å². The molecule has 0 saturated heterocycles. The summed E-state index contributed by atoms with van der Waals surface area (Å²) in [6, 6.07) is 7.01. The summed E-state index contributed by atoms with van der Waals surface area (Å²) >= 11 is 0. The molecular formula is C11H12N2O. The molecule has 72 valence electrons. The molecule has 3 heteroatoms. The van der Waals surface area contributed by atoms with Gasteiger partial charge in [0.15, 0.2) is 0 Å². The van der Waals surface area contributed by atoms with Gasteiger partial charge in [0.25, 0.3) is 0 Å². The van der Waals surface area contributed by atoms with Gasteiger partial charge in [0, 0.05) is 25.0 Å². The predicted octanol–water partition coefficient (Wildman–Crippen LogP) is 1.98. The molecule has 3 nitrogen and oxygen atoms in total. The van der Waals surface area contributed by atoms with Crippen molar-refractivity contribution in [3.05, 3.63) is 36.7 Å². The molecule has 0 aliphatic rings. The molecule has 2 aromatic rings. The highest BCUT2D eigenvalue weighted by Crippen LogP contribution is 2.27. The molecule has 0 aliphatic carbocycles. The van der Waals surface area contributed by atoms with Gasteiger partial charge in [-0.3, -0.25) is 0 Å². The van der Waals surface area contributed by atoms with Gasteiger partial charge in [0.05, 0.1) is 5.69 Å². The summed E-state index contributed by atoms with van der Waals surface area (Å²) in [4.78, 5) is 0. The maximum atomic E-state index is 9.14. The number of hydrogen-bond donors (Lipinski definition) is 2. The summed E-state index contributed by atoms with van der Waals surface area (Å²) in [5, 5.41) is 9.14. The van der Waals surface area contributed by atoms with Crippen molar-refractivity contribution in [1.29, 1.82) is 0 Å². The van der Waals surface area contributed by atoms with Crippen LogP contribution in [0.1, 0.15) is 0 Å². The van der Waals surface area contributed by atoms with E-state index >= 15 is 0 Å². The summed E-state index contributed by atoms with van der Waals surface area (Å²) in [5.74, 6) is 0.267. The minimum Gasteiger partial charge on any atom is -0.508 e. The van der Waals surface area contributed by atoms with Crippen LogP contribution < -0.4 is 5.73 Å². The van der Waals surface area contributed by atoms with Gasteiger partial charge in [0.1, 0.15) is 5.75 Å². The third-order valence-electron chi connectivity index (χ3n) is 2.16. The van der Waals surface area contributed by atoms with Gasteiger partial charge in [0.2, 0.25) is 0 Å². The largest absolute Gasteiger partial charge is 0.508 e. The van der Waals surface area contributed by atoms with Gasteiger partial charge in [-0.2, -0.15) is 0 Å². The lowest BCUT2D eigenvalue weighted by Gasteiger charge is -1.99. The van der Waals surface area contributed by atoms with Gasteiger partial charge in [-0.15, -0.1) is 0 Å². The highest BCUT2D eigenvalue weighted by atomic mass is 16.3. The van der Waals surface area contributed by atoms with E-state index in [0.29, 0.717) is 0 Å². The number of aromatic hydroxyl groups is 1. The van der Waals surface area contributed by atoms with Crippen LogP contribution in [0.2, 0.25) is 0 Å². The average molecular weight is 188 g/mol. The molecule has 0 atom stereocenters. The van der Waals surface area contributed by atoms with Crippen LogP contribution in [-0.2, 0) is 7.05 Å². The van der Waals surface area contributed by atoms with Gasteiger partial charge >= 0.3 is 0 Å². The van der Waals surface area contributed by atoms with E-state index in [-0.39, 0.29) is 5.75 Å². The van der Waals surface area contributed by atoms with Crippen LogP contribution >= 0.6 is 0 Å². The Morgan fingerprint density at radius 3 is 2.29 bits per heavy atom. The minimum absolute atomic E-state index is 0.267. The molecular weight excluding hydrogens is 176 g/mol. The molecule has 0 radical (unpaired) electrons. The van der Waals surface area contributed by atoms with Crippen molar-refractivity contribution in [3.8, 4) is 16.9 Å². The summed E-state index contributed by atoms with van der Waals surface area (Å²) in [6.45, 7) is 0. The number of benzene rings is 1. The summed E-state index contributed by atoms with van der Waals surface area (Å²) in [6.07, 6.45) is 3.82. The minimum atomic E-state index is 0.267. The molecule has 0 aliphatic heterocycles. The summed E-state index contributed by atoms with van der Waals surface area (Å²) < 4.78 is 1.91. The first-order valence-corrected chi connectivity index (χ1v) is 4.37. The molecule has 0 bridgehead atoms. The predicted molar refractivity (Wildman–Crippen MR) is 56.9 cm³/mol. The van der Waals surface area contributed by atoms with Crippen molar-refractivity contribution in [2.24, 2.45) is 7.05 Å². The van der Waals surface area contributed by atoms with Crippen LogP contribution in [0.15, 0.2) is 36.7 Å². The first-order valence-electron chi connectivity index (χ1n) is 4.37. The van der Waals surface area contributed by atoms with E-state index in [1.807, 2.05) is 36.1 Å². The van der Waals surface area contributed by atoms with E-state index in [1.165, 1.54) is 0 Å². The number of phenolic OH excluding ortho intramolecular Hbond substituents is 1. The monoisotopic (exact) mass is 188 g/mol. The Kier molecular flexibility index (Phi) is 1.93. The van der Waals surface area contributed by atoms with E-state index < -0.39 is 0 Å². The van der Waals surface area contributed by atoms with Crippen LogP contribution in [0.3, 0.4) is 0 Å². The maximum absolute atomic E-state index is 9.14. The van der Waals surface area contributed by atoms with Crippen LogP contribution in [0.5, 0.6) is 5.75 Å². The fourth-order valence-corrected chi connectivity index (χ4v) is 1.49. The van der Waals surface area contributed by atoms with Crippen LogP contribution in [0, 0.1) is 0 Å². The van der Waals surface area contributed by atoms with E-state index in [9.17, 15) is 0 Å². The topological polar surface area (TPSA) is 51.2 Å². The Bertz CT molecular complexity index is 443. The zero-order valence-corrected chi connectivity index (χ0v) is 7.94. The van der Waals surface area contributed by atoms with Crippen LogP contribution in [0.4, 0.5) is 5.69 Å². The normalized spacial score (nSPS) is 10.4. The molecule has 0 fully saturated rings. The zero-order chi connectivity index (χ0) is 10.1. The lowest BCUT2D eigenvalue weighted by Crippen LogP contribution is -1.84. The Morgan fingerprint density at radius 1 is 1.14 bits per heavy atom. The van der Waals surface area contributed by atoms with Crippen molar-refractivity contribution < 1.29 is 5.11 Å². The van der Waals surface area contributed by atoms with Gasteiger partial charge in [-0.1, -0.05) is 12.1 Å². The quantitative estimate of drug-likeness (QED) is 0.719. The summed E-state index contributed by atoms with van der Waals surface area (Å²) in [7, 11) is 1.93. The highest BCUT2D eigenvalue weighted by molar-refractivity contribution is 5.76. The Labute approximate surface area is 82.4 Å². The molecule has 0 spiro atoms. The SMILES string of the molecule is Cn1cc(N)c(-c2ccc(O)cc2)c1. The van der Waals surface area contributed by atoms with Gasteiger partial charge < -0.3 is 15.4 Å². The van der Waals surface area contributed by atoms with E-state index in [4.69, 9.17) is 10.8 Å². The lowest BCUT2D eigenvalue weighted by molar-refractivity contribution is 0.475. The number of rotatable bonds is 1. The molecule has 2 rings (SSSR count). The number of hydrogen-bond acceptors (Lipinski definition) is 2. The third kappa shape index (κ3) is 1.44. The molecule has 0 unspecified atom stereocenters. The van der Waals surface area contributed by atoms with Crippen molar-refractivity contribution in [1.82, 2.24) is 4.57 Å². The van der Waals surface area contributed by atoms with Gasteiger partial charge in [-0.25, -0.2) is 0 Å². The fraction of sp³-hybridized carbons (Fsp3) is 0.0909. The molecule has 3 N–H and O–H groups in total. The number of anilines is 1. The second-order valence-corrected chi connectivity index (χ2v) is 3.34. The van der Waals surface area contributed by atoms with Crippen molar-refractivity contribution in [3.63, 3.8) is 0 Å². The first-order chi connectivity index (χ1) is 6.66. The molecule has 14 heavy (non-hydrogen) atoms. The number of aryl methyl sites for hydroxylation is 1. The smallest absolute Gasteiger partial charge is 0.115 e. The second kappa shape index (κ2) is 3.10. The lowest BCUT2D eigenvalue weighted by atomic mass is 10.1. The highest BCUT2D eigenvalue weighted by Gasteiger charge is 2.04. The average Bonchev–Trinajstić information content (AvgIpc) is 2.47. The van der Waals surface area contributed by atoms with Crippen LogP contribution in [-0.4, -0.2) is 9.67 Å². The van der Waals surface area contributed by atoms with Gasteiger partial charge in [-0.05, 0) is 17.7 Å². The molecule has 1 heterocycles. The fourth-order valence-electron chi connectivity index (χ4n) is 1.49. The number of nitrogens with zero attached hydrogens (tertiary/aromatic N) is 1. The molecule has 1 aromatic heterocycles. The standard InChI is InChI=1S/C11H12N2O/c1-13-6-10(11(12)7-13)8-2-4-9(14)5-3-8/h2-7,14H,12H2,1H3. The van der Waals surface area contributed by atoms with Crippen molar-refractivity contribution in [2.75, 3.05) is 5.73 Å². The van der Waals surface area contributed by atoms with E-state index in [2.05, 4.69) is 0 Å². The van der Waals surface area contributed by atoms with Crippen molar-refractivity contribution >= 4 is 5.69 Å². The zero-order valence-electron chi connectivity index (χ0n) is 7.94.